The number of aromatic nitrogens is 1. The Morgan fingerprint density at radius 2 is 2.14 bits per heavy atom. The number of fused-ring (bicyclic) bond motifs is 1. The molecule has 0 spiro atoms. The number of halogens is 1. The summed E-state index contributed by atoms with van der Waals surface area (Å²) in [6.07, 6.45) is 0. The van der Waals surface area contributed by atoms with Gasteiger partial charge in [0.1, 0.15) is 6.61 Å². The molecule has 2 rings (SSSR count). The Morgan fingerprint density at radius 1 is 1.36 bits per heavy atom. The summed E-state index contributed by atoms with van der Waals surface area (Å²) in [6.45, 7) is 1.05. The molecule has 2 aromatic rings. The molecule has 3 nitrogen and oxygen atoms in total. The fourth-order valence-corrected chi connectivity index (χ4v) is 1.90. The molecule has 14 heavy (non-hydrogen) atoms. The lowest BCUT2D eigenvalue weighted by Gasteiger charge is -1.95. The van der Waals surface area contributed by atoms with Crippen LogP contribution in [0.25, 0.3) is 10.2 Å². The third-order valence-corrected chi connectivity index (χ3v) is 2.57. The molecular weight excluding hydrogens is 220 g/mol. The van der Waals surface area contributed by atoms with Gasteiger partial charge in [0.05, 0.1) is 10.2 Å². The highest BCUT2D eigenvalue weighted by molar-refractivity contribution is 7.20. The summed E-state index contributed by atoms with van der Waals surface area (Å²) in [4.78, 5) is 4.29. The lowest BCUT2D eigenvalue weighted by molar-refractivity contribution is 0.327. The monoisotopic (exact) mass is 230 g/mol. The molecule has 76 valence electrons. The largest absolute Gasteiger partial charge is 0.469 e. The van der Waals surface area contributed by atoms with Crippen LogP contribution in [0.3, 0.4) is 0 Å². The predicted molar refractivity (Wildman–Crippen MR) is 61.4 cm³/mol. The van der Waals surface area contributed by atoms with Crippen LogP contribution in [0, 0.1) is 0 Å². The van der Waals surface area contributed by atoms with Crippen LogP contribution in [0.2, 0.25) is 0 Å². The van der Waals surface area contributed by atoms with Gasteiger partial charge >= 0.3 is 0 Å². The van der Waals surface area contributed by atoms with Gasteiger partial charge in [0.15, 0.2) is 0 Å². The minimum Gasteiger partial charge on any atom is -0.469 e. The van der Waals surface area contributed by atoms with E-state index in [9.17, 15) is 0 Å². The predicted octanol–water partition coefficient (Wildman–Crippen LogP) is 2.06. The second-order valence-corrected chi connectivity index (χ2v) is 3.58. The fraction of sp³-hybridized carbons (Fsp3) is 0.222. The van der Waals surface area contributed by atoms with Crippen molar-refractivity contribution in [3.05, 3.63) is 24.3 Å². The lowest BCUT2D eigenvalue weighted by atomic mass is 10.3. The van der Waals surface area contributed by atoms with Gasteiger partial charge in [-0.05, 0) is 12.1 Å². The van der Waals surface area contributed by atoms with Crippen molar-refractivity contribution >= 4 is 34.0 Å². The van der Waals surface area contributed by atoms with Crippen LogP contribution in [0.4, 0.5) is 0 Å². The molecule has 1 aromatic heterocycles. The standard InChI is InChI=1S/C9H10N2OS.ClH/c10-5-6-12-9-11-7-3-1-2-4-8(7)13-9;/h1-4H,5-6,10H2;1H. The van der Waals surface area contributed by atoms with Crippen molar-refractivity contribution in [1.29, 1.82) is 0 Å². The number of hydrogen-bond donors (Lipinski definition) is 1. The summed E-state index contributed by atoms with van der Waals surface area (Å²) in [6, 6.07) is 7.96. The van der Waals surface area contributed by atoms with E-state index in [0.29, 0.717) is 18.3 Å². The van der Waals surface area contributed by atoms with E-state index in [1.54, 1.807) is 11.3 Å². The SMILES string of the molecule is Cl.NCCOc1nc2ccccc2s1. The maximum atomic E-state index is 5.32. The molecule has 0 saturated carbocycles. The van der Waals surface area contributed by atoms with Gasteiger partial charge in [-0.3, -0.25) is 0 Å². The molecule has 0 unspecified atom stereocenters. The van der Waals surface area contributed by atoms with E-state index in [2.05, 4.69) is 4.98 Å². The molecule has 0 atom stereocenters. The van der Waals surface area contributed by atoms with Crippen molar-refractivity contribution in [2.75, 3.05) is 13.2 Å². The summed E-state index contributed by atoms with van der Waals surface area (Å²) < 4.78 is 6.47. The number of para-hydroxylation sites is 1. The van der Waals surface area contributed by atoms with Gasteiger partial charge in [-0.1, -0.05) is 23.5 Å². The molecule has 0 fully saturated rings. The molecule has 5 heteroatoms. The average Bonchev–Trinajstić information content (AvgIpc) is 2.57. The van der Waals surface area contributed by atoms with E-state index < -0.39 is 0 Å². The number of hydrogen-bond acceptors (Lipinski definition) is 4. The number of nitrogens with two attached hydrogens (primary N) is 1. The van der Waals surface area contributed by atoms with Crippen LogP contribution in [0.5, 0.6) is 5.19 Å². The first-order valence-electron chi connectivity index (χ1n) is 4.08. The second kappa shape index (κ2) is 5.14. The summed E-state index contributed by atoms with van der Waals surface area (Å²) >= 11 is 1.55. The van der Waals surface area contributed by atoms with Crippen molar-refractivity contribution in [2.45, 2.75) is 0 Å². The fourth-order valence-electron chi connectivity index (χ4n) is 1.06. The van der Waals surface area contributed by atoms with E-state index in [0.717, 1.165) is 10.2 Å². The third kappa shape index (κ3) is 2.35. The number of nitrogens with zero attached hydrogens (tertiary/aromatic N) is 1. The van der Waals surface area contributed by atoms with Crippen molar-refractivity contribution in [3.8, 4) is 5.19 Å². The van der Waals surface area contributed by atoms with E-state index in [-0.39, 0.29) is 12.4 Å². The summed E-state index contributed by atoms with van der Waals surface area (Å²) in [5.41, 5.74) is 6.31. The molecule has 0 radical (unpaired) electrons. The highest BCUT2D eigenvalue weighted by Crippen LogP contribution is 2.26. The van der Waals surface area contributed by atoms with Gasteiger partial charge in [-0.15, -0.1) is 12.4 Å². The van der Waals surface area contributed by atoms with E-state index >= 15 is 0 Å². The minimum absolute atomic E-state index is 0. The third-order valence-electron chi connectivity index (χ3n) is 1.62. The molecule has 0 bridgehead atoms. The summed E-state index contributed by atoms with van der Waals surface area (Å²) in [5, 5.41) is 0.701. The molecule has 0 saturated heterocycles. The average molecular weight is 231 g/mol. The van der Waals surface area contributed by atoms with Crippen molar-refractivity contribution in [1.82, 2.24) is 4.98 Å². The molecule has 1 aromatic carbocycles. The first kappa shape index (κ1) is 11.2. The number of ether oxygens (including phenoxy) is 1. The Labute approximate surface area is 92.3 Å². The van der Waals surface area contributed by atoms with Crippen LogP contribution in [-0.4, -0.2) is 18.1 Å². The lowest BCUT2D eigenvalue weighted by Crippen LogP contribution is -2.10. The number of benzene rings is 1. The smallest absolute Gasteiger partial charge is 0.274 e. The van der Waals surface area contributed by atoms with Crippen LogP contribution in [0.1, 0.15) is 0 Å². The van der Waals surface area contributed by atoms with Gasteiger partial charge in [-0.2, -0.15) is 0 Å². The Kier molecular flexibility index (Phi) is 4.13. The summed E-state index contributed by atoms with van der Waals surface area (Å²) in [5.74, 6) is 0. The zero-order chi connectivity index (χ0) is 9.10. The maximum absolute atomic E-state index is 5.32. The number of rotatable bonds is 3. The van der Waals surface area contributed by atoms with Gasteiger partial charge in [0.2, 0.25) is 0 Å². The first-order valence-corrected chi connectivity index (χ1v) is 4.90. The zero-order valence-electron chi connectivity index (χ0n) is 7.47. The van der Waals surface area contributed by atoms with E-state index in [1.807, 2.05) is 24.3 Å². The van der Waals surface area contributed by atoms with Gasteiger partial charge < -0.3 is 10.5 Å². The molecule has 0 aliphatic rings. The molecular formula is C9H11ClN2OS. The normalized spacial score (nSPS) is 9.79. The Balaban J connectivity index is 0.000000980. The van der Waals surface area contributed by atoms with E-state index in [4.69, 9.17) is 10.5 Å². The molecule has 1 heterocycles. The summed E-state index contributed by atoms with van der Waals surface area (Å²) in [7, 11) is 0. The second-order valence-electron chi connectivity index (χ2n) is 2.58. The van der Waals surface area contributed by atoms with Crippen LogP contribution < -0.4 is 10.5 Å². The van der Waals surface area contributed by atoms with Gasteiger partial charge in [0, 0.05) is 6.54 Å². The Morgan fingerprint density at radius 3 is 2.86 bits per heavy atom. The molecule has 2 N–H and O–H groups in total. The van der Waals surface area contributed by atoms with Gasteiger partial charge in [-0.25, -0.2) is 4.98 Å². The highest BCUT2D eigenvalue weighted by atomic mass is 35.5. The topological polar surface area (TPSA) is 48.1 Å². The first-order chi connectivity index (χ1) is 6.40. The quantitative estimate of drug-likeness (QED) is 0.878. The Bertz CT molecular complexity index is 371. The molecule has 0 aliphatic carbocycles. The van der Waals surface area contributed by atoms with Crippen LogP contribution in [0.15, 0.2) is 24.3 Å². The van der Waals surface area contributed by atoms with Crippen molar-refractivity contribution in [2.24, 2.45) is 5.73 Å². The van der Waals surface area contributed by atoms with E-state index in [1.165, 1.54) is 0 Å². The van der Waals surface area contributed by atoms with Gasteiger partial charge in [0.25, 0.3) is 5.19 Å². The number of thiazole rings is 1. The van der Waals surface area contributed by atoms with Crippen molar-refractivity contribution in [3.63, 3.8) is 0 Å². The minimum atomic E-state index is 0. The highest BCUT2D eigenvalue weighted by Gasteiger charge is 2.02. The van der Waals surface area contributed by atoms with Crippen molar-refractivity contribution < 1.29 is 4.74 Å². The molecule has 0 amide bonds. The molecule has 0 aliphatic heterocycles. The van der Waals surface area contributed by atoms with Crippen LogP contribution in [-0.2, 0) is 0 Å². The van der Waals surface area contributed by atoms with Crippen LogP contribution >= 0.6 is 23.7 Å². The zero-order valence-corrected chi connectivity index (χ0v) is 9.11. The Hall–Kier alpha value is -0.840. The maximum Gasteiger partial charge on any atom is 0.274 e.